The summed E-state index contributed by atoms with van der Waals surface area (Å²) in [5, 5.41) is 6.49. The van der Waals surface area contributed by atoms with E-state index in [9.17, 15) is 4.79 Å². The van der Waals surface area contributed by atoms with Crippen molar-refractivity contribution in [2.24, 2.45) is 0 Å². The number of aromatic nitrogens is 2. The zero-order chi connectivity index (χ0) is 24.2. The molecule has 8 heteroatoms. The fourth-order valence-corrected chi connectivity index (χ4v) is 4.47. The van der Waals surface area contributed by atoms with Gasteiger partial charge in [0.2, 0.25) is 0 Å². The van der Waals surface area contributed by atoms with Crippen LogP contribution in [0, 0.1) is 0 Å². The molecule has 0 bridgehead atoms. The second-order valence-corrected chi connectivity index (χ2v) is 8.43. The van der Waals surface area contributed by atoms with Crippen molar-refractivity contribution in [3.63, 3.8) is 0 Å². The largest absolute Gasteiger partial charge is 0.497 e. The van der Waals surface area contributed by atoms with Crippen LogP contribution in [0.1, 0.15) is 16.1 Å². The number of hydrogen-bond donors (Lipinski definition) is 2. The molecule has 0 saturated carbocycles. The second kappa shape index (κ2) is 10.2. The van der Waals surface area contributed by atoms with E-state index < -0.39 is 0 Å². The van der Waals surface area contributed by atoms with Crippen LogP contribution in [0.25, 0.3) is 16.9 Å². The first kappa shape index (κ1) is 22.9. The molecule has 1 saturated heterocycles. The van der Waals surface area contributed by atoms with E-state index >= 15 is 0 Å². The molecule has 8 nitrogen and oxygen atoms in total. The monoisotopic (exact) mass is 471 g/mol. The molecule has 1 amide bonds. The molecule has 1 fully saturated rings. The highest BCUT2D eigenvalue weighted by Crippen LogP contribution is 2.33. The number of piperazine rings is 1. The second-order valence-electron chi connectivity index (χ2n) is 8.43. The molecule has 0 radical (unpaired) electrons. The third kappa shape index (κ3) is 4.71. The first-order valence-electron chi connectivity index (χ1n) is 11.7. The predicted molar refractivity (Wildman–Crippen MR) is 136 cm³/mol. The molecule has 2 aromatic carbocycles. The van der Waals surface area contributed by atoms with Gasteiger partial charge in [-0.15, -0.1) is 0 Å². The standard InChI is InChI=1S/C27H29N5O3/c1-34-19-10-11-21(24(17-19)35-2)27(33)29-22-8-4-3-7-20(22)26-23(18-31-15-12-28-13-16-31)32-14-6-5-9-25(32)30-26/h3-11,14,17,28H,12-13,15-16,18H2,1-2H3,(H,29,33). The summed E-state index contributed by atoms with van der Waals surface area (Å²) in [5.74, 6) is 0.817. The first-order chi connectivity index (χ1) is 17.2. The van der Waals surface area contributed by atoms with Gasteiger partial charge in [-0.05, 0) is 30.3 Å². The average molecular weight is 472 g/mol. The number of nitrogens with one attached hydrogen (secondary N) is 2. The molecule has 180 valence electrons. The first-order valence-corrected chi connectivity index (χ1v) is 11.7. The van der Waals surface area contributed by atoms with Crippen LogP contribution in [-0.2, 0) is 6.54 Å². The van der Waals surface area contributed by atoms with Crippen LogP contribution < -0.4 is 20.1 Å². The fourth-order valence-electron chi connectivity index (χ4n) is 4.47. The SMILES string of the molecule is COc1ccc(C(=O)Nc2ccccc2-c2nc3ccccn3c2CN2CCNCC2)c(OC)c1. The van der Waals surface area contributed by atoms with E-state index in [0.717, 1.165) is 55.3 Å². The van der Waals surface area contributed by atoms with Gasteiger partial charge in [0.05, 0.1) is 36.9 Å². The summed E-state index contributed by atoms with van der Waals surface area (Å²) in [6.45, 7) is 4.69. The number of benzene rings is 2. The third-order valence-corrected chi connectivity index (χ3v) is 6.30. The minimum absolute atomic E-state index is 0.260. The Morgan fingerprint density at radius 2 is 1.83 bits per heavy atom. The van der Waals surface area contributed by atoms with E-state index in [1.54, 1.807) is 32.4 Å². The molecule has 1 aliphatic heterocycles. The average Bonchev–Trinajstić information content (AvgIpc) is 3.27. The van der Waals surface area contributed by atoms with Crippen molar-refractivity contribution in [3.05, 3.63) is 78.1 Å². The molecular weight excluding hydrogens is 442 g/mol. The van der Waals surface area contributed by atoms with Crippen molar-refractivity contribution < 1.29 is 14.3 Å². The molecule has 1 aliphatic rings. The summed E-state index contributed by atoms with van der Waals surface area (Å²) in [5.41, 5.74) is 4.85. The summed E-state index contributed by atoms with van der Waals surface area (Å²) in [6.07, 6.45) is 2.05. The van der Waals surface area contributed by atoms with Crippen LogP contribution >= 0.6 is 0 Å². The van der Waals surface area contributed by atoms with Crippen molar-refractivity contribution in [2.75, 3.05) is 45.7 Å². The van der Waals surface area contributed by atoms with Crippen LogP contribution in [0.4, 0.5) is 5.69 Å². The quantitative estimate of drug-likeness (QED) is 0.428. The number of amides is 1. The highest BCUT2D eigenvalue weighted by Gasteiger charge is 2.21. The van der Waals surface area contributed by atoms with Crippen molar-refractivity contribution in [1.82, 2.24) is 19.6 Å². The number of anilines is 1. The molecule has 0 aliphatic carbocycles. The number of rotatable bonds is 7. The van der Waals surface area contributed by atoms with E-state index in [2.05, 4.69) is 19.9 Å². The Kier molecular flexibility index (Phi) is 6.65. The number of methoxy groups -OCH3 is 2. The van der Waals surface area contributed by atoms with Gasteiger partial charge in [0.1, 0.15) is 17.1 Å². The Morgan fingerprint density at radius 3 is 2.63 bits per heavy atom. The molecule has 3 heterocycles. The number of carbonyl (C=O) groups is 1. The van der Waals surface area contributed by atoms with Gasteiger partial charge in [0, 0.05) is 50.6 Å². The van der Waals surface area contributed by atoms with E-state index in [1.807, 2.05) is 48.7 Å². The summed E-state index contributed by atoms with van der Waals surface area (Å²) in [7, 11) is 3.12. The summed E-state index contributed by atoms with van der Waals surface area (Å²) in [4.78, 5) is 20.7. The molecule has 0 unspecified atom stereocenters. The lowest BCUT2D eigenvalue weighted by atomic mass is 10.1. The Balaban J connectivity index is 1.52. The van der Waals surface area contributed by atoms with Gasteiger partial charge in [0.15, 0.2) is 0 Å². The molecule has 4 aromatic rings. The molecular formula is C27H29N5O3. The third-order valence-electron chi connectivity index (χ3n) is 6.30. The highest BCUT2D eigenvalue weighted by atomic mass is 16.5. The van der Waals surface area contributed by atoms with Crippen LogP contribution in [0.15, 0.2) is 66.9 Å². The van der Waals surface area contributed by atoms with Gasteiger partial charge < -0.3 is 24.5 Å². The molecule has 0 atom stereocenters. The number of carbonyl (C=O) groups excluding carboxylic acids is 1. The smallest absolute Gasteiger partial charge is 0.259 e. The molecule has 2 N–H and O–H groups in total. The van der Waals surface area contributed by atoms with Crippen molar-refractivity contribution in [3.8, 4) is 22.8 Å². The number of imidazole rings is 1. The number of pyridine rings is 1. The minimum Gasteiger partial charge on any atom is -0.497 e. The van der Waals surface area contributed by atoms with Gasteiger partial charge in [-0.25, -0.2) is 4.98 Å². The van der Waals surface area contributed by atoms with Gasteiger partial charge in [-0.3, -0.25) is 9.69 Å². The number of fused-ring (bicyclic) bond motifs is 1. The summed E-state index contributed by atoms with van der Waals surface area (Å²) in [6, 6.07) is 19.0. The number of para-hydroxylation sites is 1. The van der Waals surface area contributed by atoms with Crippen LogP contribution in [0.5, 0.6) is 11.5 Å². The maximum atomic E-state index is 13.3. The highest BCUT2D eigenvalue weighted by molar-refractivity contribution is 6.08. The zero-order valence-corrected chi connectivity index (χ0v) is 20.0. The van der Waals surface area contributed by atoms with Crippen molar-refractivity contribution in [1.29, 1.82) is 0 Å². The lowest BCUT2D eigenvalue weighted by Crippen LogP contribution is -2.43. The topological polar surface area (TPSA) is 80.1 Å². The Hall–Kier alpha value is -3.88. The van der Waals surface area contributed by atoms with E-state index in [-0.39, 0.29) is 5.91 Å². The fraction of sp³-hybridized carbons (Fsp3) is 0.259. The summed E-state index contributed by atoms with van der Waals surface area (Å²) < 4.78 is 12.8. The van der Waals surface area contributed by atoms with Gasteiger partial charge in [0.25, 0.3) is 5.91 Å². The molecule has 0 spiro atoms. The molecule has 2 aromatic heterocycles. The Bertz CT molecular complexity index is 1340. The zero-order valence-electron chi connectivity index (χ0n) is 20.0. The van der Waals surface area contributed by atoms with Crippen LogP contribution in [0.3, 0.4) is 0 Å². The van der Waals surface area contributed by atoms with E-state index in [4.69, 9.17) is 14.5 Å². The van der Waals surface area contributed by atoms with Crippen LogP contribution in [0.2, 0.25) is 0 Å². The van der Waals surface area contributed by atoms with Crippen molar-refractivity contribution in [2.45, 2.75) is 6.54 Å². The normalized spacial score (nSPS) is 14.1. The summed E-state index contributed by atoms with van der Waals surface area (Å²) >= 11 is 0. The van der Waals surface area contributed by atoms with Crippen molar-refractivity contribution >= 4 is 17.2 Å². The number of hydrogen-bond acceptors (Lipinski definition) is 6. The van der Waals surface area contributed by atoms with E-state index in [0.29, 0.717) is 22.7 Å². The van der Waals surface area contributed by atoms with Gasteiger partial charge >= 0.3 is 0 Å². The minimum atomic E-state index is -0.260. The Labute approximate surface area is 204 Å². The molecule has 35 heavy (non-hydrogen) atoms. The lowest BCUT2D eigenvalue weighted by Gasteiger charge is -2.27. The molecule has 5 rings (SSSR count). The van der Waals surface area contributed by atoms with Gasteiger partial charge in [-0.1, -0.05) is 24.3 Å². The maximum absolute atomic E-state index is 13.3. The van der Waals surface area contributed by atoms with E-state index in [1.165, 1.54) is 0 Å². The van der Waals surface area contributed by atoms with Gasteiger partial charge in [-0.2, -0.15) is 0 Å². The van der Waals surface area contributed by atoms with Crippen LogP contribution in [-0.4, -0.2) is 60.6 Å². The Morgan fingerprint density at radius 1 is 1.03 bits per heavy atom. The number of nitrogens with zero attached hydrogens (tertiary/aromatic N) is 3. The lowest BCUT2D eigenvalue weighted by molar-refractivity contribution is 0.102. The predicted octanol–water partition coefficient (Wildman–Crippen LogP) is 3.68. The maximum Gasteiger partial charge on any atom is 0.259 e. The number of ether oxygens (including phenoxy) is 2.